The third-order valence-electron chi connectivity index (χ3n) is 3.54. The predicted molar refractivity (Wildman–Crippen MR) is 85.3 cm³/mol. The molecule has 2 atom stereocenters. The van der Waals surface area contributed by atoms with Gasteiger partial charge >= 0.3 is 0 Å². The van der Waals surface area contributed by atoms with Gasteiger partial charge in [0.1, 0.15) is 0 Å². The van der Waals surface area contributed by atoms with Crippen LogP contribution in [0.3, 0.4) is 0 Å². The highest BCUT2D eigenvalue weighted by Crippen LogP contribution is 2.14. The average Bonchev–Trinajstić information content (AvgIpc) is 2.82. The number of rotatable bonds is 6. The monoisotopic (exact) mass is 334 g/mol. The molecule has 0 radical (unpaired) electrons. The molecular weight excluding hydrogens is 312 g/mol. The molecular formula is C14H23ClN2O3S. The molecule has 0 aromatic heterocycles. The van der Waals surface area contributed by atoms with Gasteiger partial charge in [0.2, 0.25) is 10.0 Å². The summed E-state index contributed by atoms with van der Waals surface area (Å²) < 4.78 is 27.0. The number of β-amino-alcohol motifs (C(OH)–C–C–N with tert-alkyl or cyclic N) is 1. The number of aliphatic hydroxyl groups is 1. The van der Waals surface area contributed by atoms with E-state index in [1.807, 2.05) is 12.1 Å². The summed E-state index contributed by atoms with van der Waals surface area (Å²) in [6.45, 7) is 3.00. The number of hydrogen-bond donors (Lipinski definition) is 3. The van der Waals surface area contributed by atoms with Gasteiger partial charge in [0.25, 0.3) is 0 Å². The molecule has 1 fully saturated rings. The second kappa shape index (κ2) is 8.10. The third kappa shape index (κ3) is 4.93. The van der Waals surface area contributed by atoms with E-state index in [9.17, 15) is 13.5 Å². The summed E-state index contributed by atoms with van der Waals surface area (Å²) in [4.78, 5) is 0.247. The van der Waals surface area contributed by atoms with E-state index in [1.165, 1.54) is 0 Å². The van der Waals surface area contributed by atoms with Crippen LogP contribution in [-0.4, -0.2) is 38.8 Å². The number of aryl methyl sites for hydroxylation is 1. The number of benzene rings is 1. The molecule has 1 aromatic carbocycles. The lowest BCUT2D eigenvalue weighted by atomic mass is 10.1. The SMILES string of the molecule is CCCCc1ccc(S(=O)(=O)N[C@@H]2CNC[C@H]2O)cc1.Cl. The first-order valence-electron chi connectivity index (χ1n) is 7.03. The summed E-state index contributed by atoms with van der Waals surface area (Å²) in [6.07, 6.45) is 2.52. The van der Waals surface area contributed by atoms with Gasteiger partial charge in [-0.15, -0.1) is 12.4 Å². The van der Waals surface area contributed by atoms with Crippen molar-refractivity contribution in [3.63, 3.8) is 0 Å². The first kappa shape index (κ1) is 18.4. The van der Waals surface area contributed by atoms with Crippen molar-refractivity contribution in [2.75, 3.05) is 13.1 Å². The largest absolute Gasteiger partial charge is 0.390 e. The fourth-order valence-electron chi connectivity index (χ4n) is 2.27. The highest BCUT2D eigenvalue weighted by atomic mass is 35.5. The lowest BCUT2D eigenvalue weighted by molar-refractivity contribution is 0.173. The average molecular weight is 335 g/mol. The number of hydrogen-bond acceptors (Lipinski definition) is 4. The fourth-order valence-corrected chi connectivity index (χ4v) is 3.54. The molecule has 0 saturated carbocycles. The quantitative estimate of drug-likeness (QED) is 0.727. The molecule has 21 heavy (non-hydrogen) atoms. The molecule has 0 bridgehead atoms. The molecule has 0 unspecified atom stereocenters. The molecule has 5 nitrogen and oxygen atoms in total. The van der Waals surface area contributed by atoms with Gasteiger partial charge in [-0.25, -0.2) is 13.1 Å². The number of halogens is 1. The molecule has 1 aromatic rings. The smallest absolute Gasteiger partial charge is 0.240 e. The maximum Gasteiger partial charge on any atom is 0.240 e. The van der Waals surface area contributed by atoms with Crippen LogP contribution in [-0.2, 0) is 16.4 Å². The van der Waals surface area contributed by atoms with Crippen LogP contribution in [0.15, 0.2) is 29.2 Å². The van der Waals surface area contributed by atoms with Crippen LogP contribution in [0.2, 0.25) is 0 Å². The molecule has 1 aliphatic heterocycles. The lowest BCUT2D eigenvalue weighted by Gasteiger charge is -2.15. The summed E-state index contributed by atoms with van der Waals surface area (Å²) in [5.41, 5.74) is 1.15. The van der Waals surface area contributed by atoms with Crippen molar-refractivity contribution in [1.82, 2.24) is 10.0 Å². The van der Waals surface area contributed by atoms with Crippen LogP contribution in [0.25, 0.3) is 0 Å². The zero-order chi connectivity index (χ0) is 14.6. The fraction of sp³-hybridized carbons (Fsp3) is 0.571. The van der Waals surface area contributed by atoms with Crippen molar-refractivity contribution < 1.29 is 13.5 Å². The summed E-state index contributed by atoms with van der Waals surface area (Å²) in [6, 6.07) is 6.51. The minimum Gasteiger partial charge on any atom is -0.390 e. The summed E-state index contributed by atoms with van der Waals surface area (Å²) >= 11 is 0. The zero-order valence-electron chi connectivity index (χ0n) is 12.1. The highest BCUT2D eigenvalue weighted by molar-refractivity contribution is 7.89. The van der Waals surface area contributed by atoms with Gasteiger partial charge in [-0.2, -0.15) is 0 Å². The Balaban J connectivity index is 0.00000220. The first-order valence-corrected chi connectivity index (χ1v) is 8.51. The summed E-state index contributed by atoms with van der Waals surface area (Å²) in [5.74, 6) is 0. The number of unbranched alkanes of at least 4 members (excludes halogenated alkanes) is 1. The van der Waals surface area contributed by atoms with Crippen LogP contribution >= 0.6 is 12.4 Å². The highest BCUT2D eigenvalue weighted by Gasteiger charge is 2.29. The Kier molecular flexibility index (Phi) is 7.09. The molecule has 1 aliphatic rings. The molecule has 0 amide bonds. The van der Waals surface area contributed by atoms with Crippen LogP contribution in [0, 0.1) is 0 Å². The number of aliphatic hydroxyl groups excluding tert-OH is 1. The van der Waals surface area contributed by atoms with Crippen molar-refractivity contribution >= 4 is 22.4 Å². The number of nitrogens with one attached hydrogen (secondary N) is 2. The Morgan fingerprint density at radius 2 is 1.95 bits per heavy atom. The summed E-state index contributed by atoms with van der Waals surface area (Å²) in [7, 11) is -3.56. The van der Waals surface area contributed by atoms with Crippen molar-refractivity contribution in [1.29, 1.82) is 0 Å². The molecule has 3 N–H and O–H groups in total. The van der Waals surface area contributed by atoms with Crippen LogP contribution in [0.1, 0.15) is 25.3 Å². The van der Waals surface area contributed by atoms with Crippen molar-refractivity contribution in [2.24, 2.45) is 0 Å². The minimum absolute atomic E-state index is 0. The molecule has 0 aliphatic carbocycles. The van der Waals surface area contributed by atoms with E-state index in [0.29, 0.717) is 13.1 Å². The van der Waals surface area contributed by atoms with Crippen molar-refractivity contribution in [3.8, 4) is 0 Å². The molecule has 7 heteroatoms. The molecule has 120 valence electrons. The Labute approximate surface area is 132 Å². The van der Waals surface area contributed by atoms with Crippen LogP contribution < -0.4 is 10.0 Å². The molecule has 0 spiro atoms. The first-order chi connectivity index (χ1) is 9.53. The Morgan fingerprint density at radius 1 is 1.29 bits per heavy atom. The molecule has 1 heterocycles. The Bertz CT molecular complexity index is 534. The van der Waals surface area contributed by atoms with Gasteiger partial charge in [-0.3, -0.25) is 0 Å². The predicted octanol–water partition coefficient (Wildman–Crippen LogP) is 1.06. The molecule has 2 rings (SSSR count). The van der Waals surface area contributed by atoms with Gasteiger partial charge in [0, 0.05) is 13.1 Å². The maximum atomic E-state index is 12.2. The lowest BCUT2D eigenvalue weighted by Crippen LogP contribution is -2.42. The second-order valence-corrected chi connectivity index (χ2v) is 6.91. The van der Waals surface area contributed by atoms with Gasteiger partial charge in [0.15, 0.2) is 0 Å². The minimum atomic E-state index is -3.56. The van der Waals surface area contributed by atoms with E-state index in [4.69, 9.17) is 0 Å². The topological polar surface area (TPSA) is 78.4 Å². The van der Waals surface area contributed by atoms with E-state index in [-0.39, 0.29) is 17.3 Å². The van der Waals surface area contributed by atoms with E-state index in [2.05, 4.69) is 17.0 Å². The Hall–Kier alpha value is -0.660. The zero-order valence-corrected chi connectivity index (χ0v) is 13.7. The van der Waals surface area contributed by atoms with Crippen LogP contribution in [0.5, 0.6) is 0 Å². The molecule has 1 saturated heterocycles. The van der Waals surface area contributed by atoms with Gasteiger partial charge < -0.3 is 10.4 Å². The van der Waals surface area contributed by atoms with Crippen molar-refractivity contribution in [2.45, 2.75) is 43.2 Å². The third-order valence-corrected chi connectivity index (χ3v) is 5.05. The number of sulfonamides is 1. The summed E-state index contributed by atoms with van der Waals surface area (Å²) in [5, 5.41) is 12.6. The van der Waals surface area contributed by atoms with E-state index in [0.717, 1.165) is 24.8 Å². The van der Waals surface area contributed by atoms with E-state index in [1.54, 1.807) is 12.1 Å². The van der Waals surface area contributed by atoms with Crippen LogP contribution in [0.4, 0.5) is 0 Å². The second-order valence-electron chi connectivity index (χ2n) is 5.20. The van der Waals surface area contributed by atoms with Gasteiger partial charge in [0.05, 0.1) is 17.0 Å². The normalized spacial score (nSPS) is 22.0. The van der Waals surface area contributed by atoms with Gasteiger partial charge in [-0.1, -0.05) is 25.5 Å². The van der Waals surface area contributed by atoms with Crippen molar-refractivity contribution in [3.05, 3.63) is 29.8 Å². The van der Waals surface area contributed by atoms with E-state index < -0.39 is 22.2 Å². The maximum absolute atomic E-state index is 12.2. The standard InChI is InChI=1S/C14H22N2O3S.ClH/c1-2-3-4-11-5-7-12(8-6-11)20(18,19)16-13-9-15-10-14(13)17;/h5-8,13-17H,2-4,9-10H2,1H3;1H/t13-,14-;/m1./s1. The van der Waals surface area contributed by atoms with E-state index >= 15 is 0 Å². The van der Waals surface area contributed by atoms with Gasteiger partial charge in [-0.05, 0) is 30.5 Å². The Morgan fingerprint density at radius 3 is 2.48 bits per heavy atom.